The number of phenolic OH excluding ortho intramolecular Hbond substituents is 1. The van der Waals surface area contributed by atoms with Gasteiger partial charge in [-0.25, -0.2) is 4.79 Å². The van der Waals surface area contributed by atoms with Crippen molar-refractivity contribution in [2.24, 2.45) is 0 Å². The van der Waals surface area contributed by atoms with Gasteiger partial charge in [0.25, 0.3) is 0 Å². The molecule has 0 aromatic heterocycles. The van der Waals surface area contributed by atoms with Crippen molar-refractivity contribution < 1.29 is 19.7 Å². The molecule has 0 bridgehead atoms. The first-order valence-electron chi connectivity index (χ1n) is 10.8. The summed E-state index contributed by atoms with van der Waals surface area (Å²) in [5, 5.41) is 20.7. The predicted molar refractivity (Wildman–Crippen MR) is 128 cm³/mol. The van der Waals surface area contributed by atoms with Crippen LogP contribution in [0, 0.1) is 0 Å². The summed E-state index contributed by atoms with van der Waals surface area (Å²) >= 11 is 0. The number of aromatic hydroxyl groups is 1. The van der Waals surface area contributed by atoms with E-state index in [1.54, 1.807) is 12.1 Å². The Labute approximate surface area is 189 Å². The molecule has 0 heterocycles. The topological polar surface area (TPSA) is 78.8 Å². The number of hydrogen-bond donors (Lipinski definition) is 3. The molecule has 166 valence electrons. The fraction of sp³-hybridized carbons (Fsp3) is 0.222. The number of ether oxygens (including phenoxy) is 1. The Hall–Kier alpha value is -3.73. The Balaban J connectivity index is 1.98. The highest BCUT2D eigenvalue weighted by Gasteiger charge is 2.13. The first-order chi connectivity index (χ1) is 15.5. The van der Waals surface area contributed by atoms with Crippen LogP contribution in [0.15, 0.2) is 72.8 Å². The van der Waals surface area contributed by atoms with E-state index in [4.69, 9.17) is 9.84 Å². The molecule has 3 aromatic rings. The molecule has 0 saturated carbocycles. The van der Waals surface area contributed by atoms with Gasteiger partial charge in [-0.05, 0) is 70.5 Å². The summed E-state index contributed by atoms with van der Waals surface area (Å²) in [6.45, 7) is 4.78. The zero-order valence-electron chi connectivity index (χ0n) is 18.5. The Morgan fingerprint density at radius 3 is 1.94 bits per heavy atom. The van der Waals surface area contributed by atoms with Crippen LogP contribution in [-0.4, -0.2) is 29.5 Å². The Kier molecular flexibility index (Phi) is 7.92. The van der Waals surface area contributed by atoms with Crippen molar-refractivity contribution in [2.45, 2.75) is 26.7 Å². The summed E-state index contributed by atoms with van der Waals surface area (Å²) in [4.78, 5) is 10.5. The summed E-state index contributed by atoms with van der Waals surface area (Å²) < 4.78 is 5.63. The molecule has 3 N–H and O–H groups in total. The third kappa shape index (κ3) is 5.91. The van der Waals surface area contributed by atoms with Crippen LogP contribution < -0.4 is 10.1 Å². The average Bonchev–Trinajstić information content (AvgIpc) is 2.81. The smallest absolute Gasteiger partial charge is 0.404 e. The van der Waals surface area contributed by atoms with E-state index in [0.717, 1.165) is 29.5 Å². The maximum atomic E-state index is 10.5. The van der Waals surface area contributed by atoms with Crippen LogP contribution in [0.25, 0.3) is 11.1 Å². The van der Waals surface area contributed by atoms with Crippen LogP contribution in [0.4, 0.5) is 4.79 Å². The lowest BCUT2D eigenvalue weighted by molar-refractivity contribution is 0.191. The minimum absolute atomic E-state index is 0.226. The molecule has 0 unspecified atom stereocenters. The van der Waals surface area contributed by atoms with Gasteiger partial charge >= 0.3 is 6.09 Å². The van der Waals surface area contributed by atoms with Gasteiger partial charge in [-0.2, -0.15) is 0 Å². The minimum Gasteiger partial charge on any atom is -0.508 e. The molecule has 0 radical (unpaired) electrons. The molecule has 0 aliphatic rings. The Morgan fingerprint density at radius 2 is 1.41 bits per heavy atom. The molecule has 0 atom stereocenters. The highest BCUT2D eigenvalue weighted by atomic mass is 16.5. The largest absolute Gasteiger partial charge is 0.508 e. The molecule has 0 saturated heterocycles. The summed E-state index contributed by atoms with van der Waals surface area (Å²) in [7, 11) is 0. The molecule has 0 spiro atoms. The van der Waals surface area contributed by atoms with E-state index in [2.05, 4.69) is 43.4 Å². The normalized spacial score (nSPS) is 11.6. The number of allylic oxidation sites excluding steroid dienone is 1. The monoisotopic (exact) mass is 431 g/mol. The molecule has 0 fully saturated rings. The lowest BCUT2D eigenvalue weighted by Gasteiger charge is -2.17. The molecule has 32 heavy (non-hydrogen) atoms. The van der Waals surface area contributed by atoms with Crippen molar-refractivity contribution in [1.82, 2.24) is 5.32 Å². The fourth-order valence-corrected chi connectivity index (χ4v) is 3.65. The van der Waals surface area contributed by atoms with Crippen LogP contribution in [0.1, 0.15) is 42.5 Å². The lowest BCUT2D eigenvalue weighted by atomic mass is 9.88. The quantitative estimate of drug-likeness (QED) is 0.288. The van der Waals surface area contributed by atoms with Gasteiger partial charge in [0, 0.05) is 0 Å². The third-order valence-corrected chi connectivity index (χ3v) is 5.31. The standard InChI is InChI=1S/C27H29NO4/c1-3-19-5-7-20(8-6-19)25(4-2)26(21-9-13-23(29)14-10-21)22-11-15-24(16-12-22)32-18-17-28-27(30)31/h5-16,28-29H,3-4,17-18H2,1-2H3,(H,30,31). The summed E-state index contributed by atoms with van der Waals surface area (Å²) in [6.07, 6.45) is 0.784. The van der Waals surface area contributed by atoms with Crippen LogP contribution in [0.2, 0.25) is 0 Å². The number of rotatable bonds is 9. The van der Waals surface area contributed by atoms with Gasteiger partial charge in [-0.1, -0.05) is 62.4 Å². The van der Waals surface area contributed by atoms with E-state index in [0.29, 0.717) is 5.75 Å². The molecule has 3 aromatic carbocycles. The summed E-state index contributed by atoms with van der Waals surface area (Å²) in [5.41, 5.74) is 6.87. The second-order valence-corrected chi connectivity index (χ2v) is 7.41. The molecule has 0 aliphatic carbocycles. The van der Waals surface area contributed by atoms with Gasteiger partial charge in [0.2, 0.25) is 0 Å². The van der Waals surface area contributed by atoms with Crippen LogP contribution in [-0.2, 0) is 6.42 Å². The molecule has 1 amide bonds. The van der Waals surface area contributed by atoms with Gasteiger partial charge in [-0.15, -0.1) is 0 Å². The highest BCUT2D eigenvalue weighted by Crippen LogP contribution is 2.35. The van der Waals surface area contributed by atoms with Gasteiger partial charge in [0.1, 0.15) is 18.1 Å². The van der Waals surface area contributed by atoms with E-state index in [1.165, 1.54) is 16.7 Å². The zero-order chi connectivity index (χ0) is 22.9. The highest BCUT2D eigenvalue weighted by molar-refractivity contribution is 5.98. The second-order valence-electron chi connectivity index (χ2n) is 7.41. The molecular weight excluding hydrogens is 402 g/mol. The number of carbonyl (C=O) groups is 1. The number of benzene rings is 3. The SMILES string of the molecule is CCC(=C(c1ccc(O)cc1)c1ccc(OCCNC(=O)O)cc1)c1ccc(CC)cc1. The van der Waals surface area contributed by atoms with Crippen molar-refractivity contribution in [3.05, 3.63) is 95.1 Å². The van der Waals surface area contributed by atoms with E-state index < -0.39 is 6.09 Å². The number of phenols is 1. The van der Waals surface area contributed by atoms with E-state index in [9.17, 15) is 9.90 Å². The van der Waals surface area contributed by atoms with E-state index in [1.807, 2.05) is 36.4 Å². The van der Waals surface area contributed by atoms with Crippen LogP contribution in [0.5, 0.6) is 11.5 Å². The van der Waals surface area contributed by atoms with Gasteiger partial charge in [0.05, 0.1) is 6.54 Å². The first-order valence-corrected chi connectivity index (χ1v) is 10.8. The lowest BCUT2D eigenvalue weighted by Crippen LogP contribution is -2.26. The van der Waals surface area contributed by atoms with Crippen LogP contribution in [0.3, 0.4) is 0 Å². The van der Waals surface area contributed by atoms with Crippen molar-refractivity contribution in [1.29, 1.82) is 0 Å². The van der Waals surface area contributed by atoms with Crippen molar-refractivity contribution in [2.75, 3.05) is 13.2 Å². The van der Waals surface area contributed by atoms with Crippen molar-refractivity contribution in [3.8, 4) is 11.5 Å². The molecule has 5 heteroatoms. The van der Waals surface area contributed by atoms with Gasteiger partial charge in [0.15, 0.2) is 0 Å². The van der Waals surface area contributed by atoms with E-state index in [-0.39, 0.29) is 18.9 Å². The maximum Gasteiger partial charge on any atom is 0.404 e. The van der Waals surface area contributed by atoms with Crippen molar-refractivity contribution >= 4 is 17.2 Å². The Morgan fingerprint density at radius 1 is 0.844 bits per heavy atom. The summed E-state index contributed by atoms with van der Waals surface area (Å²) in [6, 6.07) is 23.8. The van der Waals surface area contributed by atoms with E-state index >= 15 is 0 Å². The average molecular weight is 432 g/mol. The maximum absolute atomic E-state index is 10.5. The number of amides is 1. The fourth-order valence-electron chi connectivity index (χ4n) is 3.65. The number of aryl methyl sites for hydroxylation is 1. The molecule has 5 nitrogen and oxygen atoms in total. The predicted octanol–water partition coefficient (Wildman–Crippen LogP) is 5.97. The van der Waals surface area contributed by atoms with Crippen molar-refractivity contribution in [3.63, 3.8) is 0 Å². The third-order valence-electron chi connectivity index (χ3n) is 5.31. The zero-order valence-corrected chi connectivity index (χ0v) is 18.5. The number of hydrogen-bond acceptors (Lipinski definition) is 3. The summed E-state index contributed by atoms with van der Waals surface area (Å²) in [5.74, 6) is 0.911. The second kappa shape index (κ2) is 11.0. The van der Waals surface area contributed by atoms with Gasteiger partial charge < -0.3 is 20.3 Å². The molecular formula is C27H29NO4. The number of nitrogens with one attached hydrogen (secondary N) is 1. The minimum atomic E-state index is -1.06. The number of carboxylic acid groups (broad SMARTS) is 1. The molecule has 3 rings (SSSR count). The Bertz CT molecular complexity index is 1050. The molecule has 0 aliphatic heterocycles. The first kappa shape index (κ1) is 22.9. The van der Waals surface area contributed by atoms with Crippen LogP contribution >= 0.6 is 0 Å². The van der Waals surface area contributed by atoms with Gasteiger partial charge in [-0.3, -0.25) is 0 Å².